The van der Waals surface area contributed by atoms with Crippen LogP contribution < -0.4 is 11.5 Å². The molecule has 0 aliphatic heterocycles. The molecular formula is C13H20N2O4S. The maximum absolute atomic E-state index is 10.4. The number of thiol groups is 1. The van der Waals surface area contributed by atoms with E-state index in [0.717, 1.165) is 5.56 Å². The third-order valence-corrected chi connectivity index (χ3v) is 2.63. The normalized spacial score (nSPS) is 12.8. The van der Waals surface area contributed by atoms with Crippen LogP contribution in [0.25, 0.3) is 0 Å². The molecule has 6 N–H and O–H groups in total. The number of hydrogen-bond donors (Lipinski definition) is 5. The van der Waals surface area contributed by atoms with Gasteiger partial charge < -0.3 is 21.7 Å². The van der Waals surface area contributed by atoms with E-state index in [2.05, 4.69) is 12.6 Å². The molecule has 6 nitrogen and oxygen atoms in total. The molecule has 2 atom stereocenters. The van der Waals surface area contributed by atoms with Gasteiger partial charge in [0.05, 0.1) is 0 Å². The van der Waals surface area contributed by atoms with Gasteiger partial charge in [-0.25, -0.2) is 0 Å². The van der Waals surface area contributed by atoms with Crippen molar-refractivity contribution in [3.05, 3.63) is 35.9 Å². The Hall–Kier alpha value is -1.57. The van der Waals surface area contributed by atoms with Crippen LogP contribution in [-0.4, -0.2) is 40.0 Å². The zero-order valence-electron chi connectivity index (χ0n) is 11.0. The summed E-state index contributed by atoms with van der Waals surface area (Å²) in [5, 5.41) is 16.7. The molecule has 1 aromatic rings. The second-order valence-corrected chi connectivity index (χ2v) is 4.54. The lowest BCUT2D eigenvalue weighted by Gasteiger charge is -2.04. The molecule has 0 heterocycles. The lowest BCUT2D eigenvalue weighted by atomic mass is 10.1. The number of nitrogens with two attached hydrogens (primary N) is 2. The van der Waals surface area contributed by atoms with Gasteiger partial charge in [0, 0.05) is 0 Å². The first-order chi connectivity index (χ1) is 9.38. The number of rotatable bonds is 6. The second-order valence-electron chi connectivity index (χ2n) is 4.09. The van der Waals surface area contributed by atoms with Crippen LogP contribution in [0, 0.1) is 0 Å². The van der Waals surface area contributed by atoms with E-state index < -0.39 is 24.0 Å². The summed E-state index contributed by atoms with van der Waals surface area (Å²) in [6.45, 7) is 0. The lowest BCUT2D eigenvalue weighted by Crippen LogP contribution is -2.32. The van der Waals surface area contributed by atoms with E-state index in [1.807, 2.05) is 30.3 Å². The fraction of sp³-hybridized carbons (Fsp3) is 0.385. The Morgan fingerprint density at radius 1 is 1.05 bits per heavy atom. The van der Waals surface area contributed by atoms with Crippen molar-refractivity contribution in [3.63, 3.8) is 0 Å². The Labute approximate surface area is 123 Å². The van der Waals surface area contributed by atoms with Crippen LogP contribution in [0.4, 0.5) is 0 Å². The summed E-state index contributed by atoms with van der Waals surface area (Å²) >= 11 is 3.81. The predicted octanol–water partition coefficient (Wildman–Crippen LogP) is 0.359. The first-order valence-corrected chi connectivity index (χ1v) is 6.63. The summed E-state index contributed by atoms with van der Waals surface area (Å²) in [4.78, 5) is 20.3. The van der Waals surface area contributed by atoms with Crippen molar-refractivity contribution in [1.82, 2.24) is 0 Å². The van der Waals surface area contributed by atoms with E-state index >= 15 is 0 Å². The van der Waals surface area contributed by atoms with Crippen LogP contribution in [0.2, 0.25) is 0 Å². The van der Waals surface area contributed by atoms with E-state index in [1.54, 1.807) is 0 Å². The molecule has 0 bridgehead atoms. The minimum absolute atomic E-state index is 0.385. The van der Waals surface area contributed by atoms with Gasteiger partial charge in [-0.15, -0.1) is 0 Å². The molecule has 0 aromatic heterocycles. The third-order valence-electron chi connectivity index (χ3n) is 2.37. The number of aliphatic carboxylic acids is 2. The summed E-state index contributed by atoms with van der Waals surface area (Å²) in [7, 11) is 0. The molecular weight excluding hydrogens is 280 g/mol. The predicted molar refractivity (Wildman–Crippen MR) is 79.8 cm³/mol. The Morgan fingerprint density at radius 3 is 1.90 bits per heavy atom. The second kappa shape index (κ2) is 10.2. The molecule has 0 saturated carbocycles. The Morgan fingerprint density at radius 2 is 1.55 bits per heavy atom. The molecule has 0 aliphatic rings. The summed E-state index contributed by atoms with van der Waals surface area (Å²) in [6, 6.07) is 7.80. The van der Waals surface area contributed by atoms with Crippen LogP contribution in [0.5, 0.6) is 0 Å². The van der Waals surface area contributed by atoms with Gasteiger partial charge in [-0.3, -0.25) is 9.59 Å². The van der Waals surface area contributed by atoms with E-state index in [1.165, 1.54) is 0 Å². The number of hydrogen-bond acceptors (Lipinski definition) is 5. The lowest BCUT2D eigenvalue weighted by molar-refractivity contribution is -0.139. The zero-order valence-corrected chi connectivity index (χ0v) is 11.9. The molecule has 0 radical (unpaired) electrons. The molecule has 1 rings (SSSR count). The van der Waals surface area contributed by atoms with Crippen LogP contribution in [0.3, 0.4) is 0 Å². The minimum atomic E-state index is -0.959. The minimum Gasteiger partial charge on any atom is -0.480 e. The first-order valence-electron chi connectivity index (χ1n) is 6.00. The van der Waals surface area contributed by atoms with E-state index in [-0.39, 0.29) is 0 Å². The third kappa shape index (κ3) is 8.52. The van der Waals surface area contributed by atoms with Gasteiger partial charge in [-0.2, -0.15) is 12.6 Å². The molecule has 0 aliphatic carbocycles. The molecule has 0 spiro atoms. The molecule has 0 saturated heterocycles. The highest BCUT2D eigenvalue weighted by molar-refractivity contribution is 7.80. The van der Waals surface area contributed by atoms with E-state index in [0.29, 0.717) is 18.6 Å². The molecule has 1 aromatic carbocycles. The Bertz CT molecular complexity index is 414. The molecule has 7 heteroatoms. The quantitative estimate of drug-likeness (QED) is 0.483. The SMILES string of the molecule is NC(CCS)C(=O)O.NC(Cc1ccccc1)C(=O)O. The van der Waals surface area contributed by atoms with Crippen molar-refractivity contribution >= 4 is 24.6 Å². The van der Waals surface area contributed by atoms with Crippen molar-refractivity contribution in [2.24, 2.45) is 11.5 Å². The van der Waals surface area contributed by atoms with Crippen molar-refractivity contribution in [3.8, 4) is 0 Å². The summed E-state index contributed by atoms with van der Waals surface area (Å²) in [6.07, 6.45) is 0.814. The van der Waals surface area contributed by atoms with E-state index in [9.17, 15) is 9.59 Å². The molecule has 0 fully saturated rings. The van der Waals surface area contributed by atoms with Gasteiger partial charge in [0.1, 0.15) is 12.1 Å². The van der Waals surface area contributed by atoms with Gasteiger partial charge in [0.2, 0.25) is 0 Å². The highest BCUT2D eigenvalue weighted by Crippen LogP contribution is 2.01. The fourth-order valence-corrected chi connectivity index (χ4v) is 1.50. The molecule has 20 heavy (non-hydrogen) atoms. The highest BCUT2D eigenvalue weighted by Gasteiger charge is 2.11. The van der Waals surface area contributed by atoms with Crippen LogP contribution in [0.15, 0.2) is 30.3 Å². The van der Waals surface area contributed by atoms with Gasteiger partial charge in [0.25, 0.3) is 0 Å². The monoisotopic (exact) mass is 300 g/mol. The van der Waals surface area contributed by atoms with Crippen LogP contribution >= 0.6 is 12.6 Å². The van der Waals surface area contributed by atoms with Crippen LogP contribution in [-0.2, 0) is 16.0 Å². The largest absolute Gasteiger partial charge is 0.480 e. The summed E-state index contributed by atoms with van der Waals surface area (Å²) in [5.74, 6) is -1.40. The topological polar surface area (TPSA) is 127 Å². The zero-order chi connectivity index (χ0) is 15.5. The number of carbonyl (C=O) groups is 2. The standard InChI is InChI=1S/C9H11NO2.C4H9NO2S/c10-8(9(11)12)6-7-4-2-1-3-5-7;5-3(1-2-8)4(6)7/h1-5,8H,6,10H2,(H,11,12);3,8H,1-2,5H2,(H,6,7). The first kappa shape index (κ1) is 18.4. The number of carboxylic acid groups (broad SMARTS) is 2. The number of carboxylic acids is 2. The maximum Gasteiger partial charge on any atom is 0.320 e. The van der Waals surface area contributed by atoms with Crippen molar-refractivity contribution in [2.75, 3.05) is 5.75 Å². The maximum atomic E-state index is 10.4. The van der Waals surface area contributed by atoms with Crippen molar-refractivity contribution in [2.45, 2.75) is 24.9 Å². The smallest absolute Gasteiger partial charge is 0.320 e. The fourth-order valence-electron chi connectivity index (χ4n) is 1.22. The van der Waals surface area contributed by atoms with Gasteiger partial charge in [0.15, 0.2) is 0 Å². The molecule has 2 unspecified atom stereocenters. The Balaban J connectivity index is 0.000000396. The number of benzene rings is 1. The van der Waals surface area contributed by atoms with Gasteiger partial charge in [-0.05, 0) is 24.2 Å². The van der Waals surface area contributed by atoms with Crippen molar-refractivity contribution < 1.29 is 19.8 Å². The van der Waals surface area contributed by atoms with Crippen LogP contribution in [0.1, 0.15) is 12.0 Å². The summed E-state index contributed by atoms with van der Waals surface area (Å²) in [5.41, 5.74) is 11.4. The van der Waals surface area contributed by atoms with Crippen molar-refractivity contribution in [1.29, 1.82) is 0 Å². The highest BCUT2D eigenvalue weighted by atomic mass is 32.1. The van der Waals surface area contributed by atoms with E-state index in [4.69, 9.17) is 21.7 Å². The molecule has 112 valence electrons. The average molecular weight is 300 g/mol. The molecule has 0 amide bonds. The summed E-state index contributed by atoms with van der Waals surface area (Å²) < 4.78 is 0. The van der Waals surface area contributed by atoms with Gasteiger partial charge in [-0.1, -0.05) is 30.3 Å². The average Bonchev–Trinajstić information content (AvgIpc) is 2.40. The Kier molecular flexibility index (Phi) is 9.44. The van der Waals surface area contributed by atoms with Gasteiger partial charge >= 0.3 is 11.9 Å².